The van der Waals surface area contributed by atoms with Crippen molar-refractivity contribution in [3.63, 3.8) is 0 Å². The molecular formula is C22H22FN3O5S2. The van der Waals surface area contributed by atoms with E-state index in [0.29, 0.717) is 0 Å². The zero-order valence-electron chi connectivity index (χ0n) is 17.7. The van der Waals surface area contributed by atoms with Crippen molar-refractivity contribution in [1.82, 2.24) is 13.9 Å². The molecule has 0 radical (unpaired) electrons. The van der Waals surface area contributed by atoms with Gasteiger partial charge < -0.3 is 4.90 Å². The highest BCUT2D eigenvalue weighted by molar-refractivity contribution is 7.89. The second kappa shape index (κ2) is 8.82. The maximum absolute atomic E-state index is 14.3. The van der Waals surface area contributed by atoms with Gasteiger partial charge in [0.15, 0.2) is 0 Å². The summed E-state index contributed by atoms with van der Waals surface area (Å²) in [6.07, 6.45) is 0. The van der Waals surface area contributed by atoms with Crippen LogP contribution in [0.3, 0.4) is 0 Å². The van der Waals surface area contributed by atoms with Gasteiger partial charge in [-0.2, -0.15) is 4.31 Å². The molecule has 3 aromatic rings. The molecule has 0 saturated carbocycles. The number of amides is 1. The molecule has 1 heterocycles. The van der Waals surface area contributed by atoms with Gasteiger partial charge in [0.1, 0.15) is 5.82 Å². The Morgan fingerprint density at radius 2 is 1.48 bits per heavy atom. The summed E-state index contributed by atoms with van der Waals surface area (Å²) in [5.41, 5.74) is -0.378. The molecule has 33 heavy (non-hydrogen) atoms. The minimum absolute atomic E-state index is 0.0387. The first-order valence-corrected chi connectivity index (χ1v) is 13.1. The van der Waals surface area contributed by atoms with E-state index in [9.17, 15) is 26.0 Å². The van der Waals surface area contributed by atoms with E-state index >= 15 is 0 Å². The number of fused-ring (bicyclic) bond motifs is 1. The van der Waals surface area contributed by atoms with Crippen molar-refractivity contribution < 1.29 is 26.0 Å². The van der Waals surface area contributed by atoms with Crippen molar-refractivity contribution >= 4 is 36.7 Å². The lowest BCUT2D eigenvalue weighted by atomic mass is 10.1. The first-order chi connectivity index (χ1) is 15.6. The SMILES string of the molecule is CNS(=O)(=O)c1ccc(F)c(C(=O)N2CCN(S(=O)(=O)c3ccc4ccccc4c3)CC2)c1. The number of piperazine rings is 1. The maximum Gasteiger partial charge on any atom is 0.256 e. The Bertz CT molecular complexity index is 1430. The van der Waals surface area contributed by atoms with E-state index in [0.717, 1.165) is 29.0 Å². The Kier molecular flexibility index (Phi) is 6.23. The molecule has 1 fully saturated rings. The fourth-order valence-corrected chi connectivity index (χ4v) is 5.95. The van der Waals surface area contributed by atoms with Gasteiger partial charge in [0, 0.05) is 26.2 Å². The predicted molar refractivity (Wildman–Crippen MR) is 121 cm³/mol. The van der Waals surface area contributed by atoms with Crippen molar-refractivity contribution in [3.05, 3.63) is 72.0 Å². The molecule has 0 spiro atoms. The van der Waals surface area contributed by atoms with Crippen molar-refractivity contribution in [1.29, 1.82) is 0 Å². The highest BCUT2D eigenvalue weighted by Gasteiger charge is 2.31. The van der Waals surface area contributed by atoms with Crippen LogP contribution in [0.4, 0.5) is 4.39 Å². The largest absolute Gasteiger partial charge is 0.336 e. The third-order valence-electron chi connectivity index (χ3n) is 5.63. The minimum atomic E-state index is -3.85. The summed E-state index contributed by atoms with van der Waals surface area (Å²) in [7, 11) is -6.40. The molecule has 0 aliphatic carbocycles. The number of carbonyl (C=O) groups excluding carboxylic acids is 1. The zero-order chi connectivity index (χ0) is 23.8. The van der Waals surface area contributed by atoms with Crippen molar-refractivity contribution in [2.75, 3.05) is 33.2 Å². The van der Waals surface area contributed by atoms with Gasteiger partial charge in [0.25, 0.3) is 5.91 Å². The van der Waals surface area contributed by atoms with Gasteiger partial charge in [-0.15, -0.1) is 0 Å². The number of nitrogens with zero attached hydrogens (tertiary/aromatic N) is 2. The molecule has 3 aromatic carbocycles. The van der Waals surface area contributed by atoms with Gasteiger partial charge >= 0.3 is 0 Å². The van der Waals surface area contributed by atoms with Crippen LogP contribution >= 0.6 is 0 Å². The van der Waals surface area contributed by atoms with E-state index in [2.05, 4.69) is 4.72 Å². The van der Waals surface area contributed by atoms with E-state index in [-0.39, 0.29) is 41.5 Å². The van der Waals surface area contributed by atoms with E-state index in [1.165, 1.54) is 16.3 Å². The molecule has 0 bridgehead atoms. The van der Waals surface area contributed by atoms with Crippen LogP contribution in [0.15, 0.2) is 70.5 Å². The van der Waals surface area contributed by atoms with Gasteiger partial charge in [0.05, 0.1) is 15.4 Å². The van der Waals surface area contributed by atoms with E-state index < -0.39 is 31.8 Å². The third-order valence-corrected chi connectivity index (χ3v) is 8.94. The van der Waals surface area contributed by atoms with Crippen LogP contribution in [0.25, 0.3) is 10.8 Å². The van der Waals surface area contributed by atoms with E-state index in [1.807, 2.05) is 24.3 Å². The van der Waals surface area contributed by atoms with Crippen LogP contribution in [0, 0.1) is 5.82 Å². The number of sulfonamides is 2. The lowest BCUT2D eigenvalue weighted by Gasteiger charge is -2.34. The Hall–Kier alpha value is -2.86. The molecular weight excluding hydrogens is 469 g/mol. The summed E-state index contributed by atoms with van der Waals surface area (Å²) < 4.78 is 67.9. The molecule has 0 atom stereocenters. The Morgan fingerprint density at radius 1 is 0.848 bits per heavy atom. The molecule has 1 amide bonds. The molecule has 1 saturated heterocycles. The number of hydrogen-bond donors (Lipinski definition) is 1. The maximum atomic E-state index is 14.3. The number of carbonyl (C=O) groups is 1. The number of halogens is 1. The summed E-state index contributed by atoms with van der Waals surface area (Å²) in [6, 6.07) is 15.3. The molecule has 174 valence electrons. The van der Waals surface area contributed by atoms with Gasteiger partial charge in [-0.3, -0.25) is 4.79 Å². The van der Waals surface area contributed by atoms with Crippen molar-refractivity contribution in [3.8, 4) is 0 Å². The smallest absolute Gasteiger partial charge is 0.256 e. The van der Waals surface area contributed by atoms with Gasteiger partial charge in [0.2, 0.25) is 20.0 Å². The van der Waals surface area contributed by atoms with Crippen LogP contribution in [0.5, 0.6) is 0 Å². The summed E-state index contributed by atoms with van der Waals surface area (Å²) in [4.78, 5) is 14.1. The first kappa shape index (κ1) is 23.3. The summed E-state index contributed by atoms with van der Waals surface area (Å²) in [5, 5.41) is 1.73. The van der Waals surface area contributed by atoms with Crippen LogP contribution in [-0.4, -0.2) is 65.2 Å². The summed E-state index contributed by atoms with van der Waals surface area (Å²) in [6.45, 7) is 0.177. The van der Waals surface area contributed by atoms with E-state index in [1.54, 1.807) is 18.2 Å². The molecule has 0 aromatic heterocycles. The molecule has 8 nitrogen and oxygen atoms in total. The average Bonchev–Trinajstić information content (AvgIpc) is 2.83. The summed E-state index contributed by atoms with van der Waals surface area (Å²) >= 11 is 0. The van der Waals surface area contributed by atoms with Gasteiger partial charge in [-0.05, 0) is 48.2 Å². The van der Waals surface area contributed by atoms with Gasteiger partial charge in [-0.1, -0.05) is 30.3 Å². The highest BCUT2D eigenvalue weighted by atomic mass is 32.2. The van der Waals surface area contributed by atoms with Crippen molar-refractivity contribution in [2.24, 2.45) is 0 Å². The standard InChI is InChI=1S/C22H22FN3O5S2/c1-24-32(28,29)18-8-9-21(23)20(15-18)22(27)25-10-12-26(13-11-25)33(30,31)19-7-6-16-4-2-3-5-17(16)14-19/h2-9,14-15,24H,10-13H2,1H3. The lowest BCUT2D eigenvalue weighted by molar-refractivity contribution is 0.0693. The highest BCUT2D eigenvalue weighted by Crippen LogP contribution is 2.24. The summed E-state index contributed by atoms with van der Waals surface area (Å²) in [5.74, 6) is -1.54. The van der Waals surface area contributed by atoms with Crippen LogP contribution < -0.4 is 4.72 Å². The molecule has 11 heteroatoms. The second-order valence-electron chi connectivity index (χ2n) is 7.55. The first-order valence-electron chi connectivity index (χ1n) is 10.1. The fourth-order valence-electron chi connectivity index (χ4n) is 3.73. The molecule has 1 N–H and O–H groups in total. The molecule has 4 rings (SSSR count). The van der Waals surface area contributed by atoms with Crippen LogP contribution in [-0.2, 0) is 20.0 Å². The number of benzene rings is 3. The topological polar surface area (TPSA) is 104 Å². The second-order valence-corrected chi connectivity index (χ2v) is 11.4. The molecule has 1 aliphatic heterocycles. The lowest BCUT2D eigenvalue weighted by Crippen LogP contribution is -2.50. The Balaban J connectivity index is 1.51. The minimum Gasteiger partial charge on any atom is -0.336 e. The van der Waals surface area contributed by atoms with Crippen LogP contribution in [0.1, 0.15) is 10.4 Å². The average molecular weight is 492 g/mol. The normalized spacial score (nSPS) is 15.6. The Labute approximate surface area is 191 Å². The number of nitrogens with one attached hydrogen (secondary N) is 1. The zero-order valence-corrected chi connectivity index (χ0v) is 19.4. The molecule has 1 aliphatic rings. The number of rotatable bonds is 5. The number of hydrogen-bond acceptors (Lipinski definition) is 5. The third kappa shape index (κ3) is 4.49. The fraction of sp³-hybridized carbons (Fsp3) is 0.227. The Morgan fingerprint density at radius 3 is 2.15 bits per heavy atom. The predicted octanol–water partition coefficient (Wildman–Crippen LogP) is 2.03. The van der Waals surface area contributed by atoms with Crippen molar-refractivity contribution in [2.45, 2.75) is 9.79 Å². The quantitative estimate of drug-likeness (QED) is 0.588. The van der Waals surface area contributed by atoms with E-state index in [4.69, 9.17) is 0 Å². The monoisotopic (exact) mass is 491 g/mol. The van der Waals surface area contributed by atoms with Gasteiger partial charge in [-0.25, -0.2) is 25.9 Å². The molecule has 0 unspecified atom stereocenters. The van der Waals surface area contributed by atoms with Crippen LogP contribution in [0.2, 0.25) is 0 Å².